The van der Waals surface area contributed by atoms with Crippen molar-refractivity contribution >= 4 is 29.3 Å². The number of aryl methyl sites for hydroxylation is 1. The number of likely N-dealkylation sites (tertiary alicyclic amines) is 1. The summed E-state index contributed by atoms with van der Waals surface area (Å²) < 4.78 is 7.57. The molecule has 2 aliphatic heterocycles. The molecule has 2 N–H and O–H groups in total. The first-order valence-corrected chi connectivity index (χ1v) is 14.9. The predicted molar refractivity (Wildman–Crippen MR) is 159 cm³/mol. The van der Waals surface area contributed by atoms with Crippen LogP contribution in [0.1, 0.15) is 70.6 Å². The van der Waals surface area contributed by atoms with Crippen LogP contribution in [0.3, 0.4) is 0 Å². The van der Waals surface area contributed by atoms with Gasteiger partial charge < -0.3 is 20.3 Å². The molecule has 3 amide bonds. The number of fused-ring (bicyclic) bond motifs is 1. The van der Waals surface area contributed by atoms with Crippen LogP contribution in [0.5, 0.6) is 5.75 Å². The highest BCUT2D eigenvalue weighted by molar-refractivity contribution is 6.30. The molecule has 0 unspecified atom stereocenters. The van der Waals surface area contributed by atoms with Crippen LogP contribution in [-0.4, -0.2) is 70.4 Å². The van der Waals surface area contributed by atoms with Crippen LogP contribution in [0.4, 0.5) is 0 Å². The van der Waals surface area contributed by atoms with Gasteiger partial charge in [-0.1, -0.05) is 29.3 Å². The standard InChI is InChI=1S/C31H37ClN6O4/c1-21-6-11-25-26(20-21)42-19-5-16-34-30(41)31(12-3-4-15-33-28(25)39)13-17-37(18-14-31)29(40)27-22(2)38(36-35-27)24-9-7-23(32)8-10-24/h6-11,20H,3-5,12-19H2,1-2H3,(H,33,39)(H,34,41). The fraction of sp³-hybridized carbons (Fsp3) is 0.452. The lowest BCUT2D eigenvalue weighted by Crippen LogP contribution is -2.50. The molecule has 3 heterocycles. The van der Waals surface area contributed by atoms with E-state index in [1.165, 1.54) is 0 Å². The molecule has 1 aromatic heterocycles. The van der Waals surface area contributed by atoms with Crippen molar-refractivity contribution in [1.82, 2.24) is 30.5 Å². The zero-order valence-corrected chi connectivity index (χ0v) is 24.9. The van der Waals surface area contributed by atoms with Gasteiger partial charge in [0.05, 0.1) is 29.0 Å². The van der Waals surface area contributed by atoms with Gasteiger partial charge in [-0.25, -0.2) is 4.68 Å². The minimum Gasteiger partial charge on any atom is -0.493 e. The van der Waals surface area contributed by atoms with E-state index in [0.717, 1.165) is 24.1 Å². The van der Waals surface area contributed by atoms with E-state index in [4.69, 9.17) is 16.3 Å². The van der Waals surface area contributed by atoms with E-state index in [9.17, 15) is 14.4 Å². The fourth-order valence-electron chi connectivity index (χ4n) is 5.70. The summed E-state index contributed by atoms with van der Waals surface area (Å²) in [6.45, 7) is 6.06. The molecule has 42 heavy (non-hydrogen) atoms. The largest absolute Gasteiger partial charge is 0.493 e. The second-order valence-electron chi connectivity index (χ2n) is 11.2. The van der Waals surface area contributed by atoms with Gasteiger partial charge in [0.15, 0.2) is 5.69 Å². The topological polar surface area (TPSA) is 118 Å². The highest BCUT2D eigenvalue weighted by atomic mass is 35.5. The molecule has 1 saturated heterocycles. The highest BCUT2D eigenvalue weighted by Gasteiger charge is 2.42. The number of benzene rings is 2. The highest BCUT2D eigenvalue weighted by Crippen LogP contribution is 2.37. The molecule has 0 atom stereocenters. The zero-order chi connectivity index (χ0) is 29.7. The van der Waals surface area contributed by atoms with Crippen LogP contribution in [0.15, 0.2) is 42.5 Å². The number of nitrogens with zero attached hydrogens (tertiary/aromatic N) is 4. The van der Waals surface area contributed by atoms with Gasteiger partial charge in [0.25, 0.3) is 11.8 Å². The van der Waals surface area contributed by atoms with E-state index in [1.54, 1.807) is 27.8 Å². The first kappa shape index (κ1) is 29.6. The molecule has 0 bridgehead atoms. The van der Waals surface area contributed by atoms with E-state index in [2.05, 4.69) is 20.9 Å². The van der Waals surface area contributed by atoms with E-state index >= 15 is 0 Å². The third-order valence-corrected chi connectivity index (χ3v) is 8.52. The number of piperidine rings is 1. The predicted octanol–water partition coefficient (Wildman–Crippen LogP) is 4.26. The Morgan fingerprint density at radius 1 is 0.952 bits per heavy atom. The summed E-state index contributed by atoms with van der Waals surface area (Å²) in [7, 11) is 0. The normalized spacial score (nSPS) is 18.2. The Hall–Kier alpha value is -3.92. The maximum atomic E-state index is 13.5. The Morgan fingerprint density at radius 3 is 2.45 bits per heavy atom. The minimum atomic E-state index is -0.572. The summed E-state index contributed by atoms with van der Waals surface area (Å²) in [4.78, 5) is 41.6. The number of rotatable bonds is 2. The second-order valence-corrected chi connectivity index (χ2v) is 11.6. The molecule has 0 aliphatic carbocycles. The molecule has 11 heteroatoms. The Balaban J connectivity index is 1.23. The van der Waals surface area contributed by atoms with Gasteiger partial charge in [0, 0.05) is 31.2 Å². The maximum absolute atomic E-state index is 13.5. The van der Waals surface area contributed by atoms with Crippen molar-refractivity contribution in [3.63, 3.8) is 0 Å². The van der Waals surface area contributed by atoms with Crippen molar-refractivity contribution in [2.75, 3.05) is 32.8 Å². The van der Waals surface area contributed by atoms with Crippen LogP contribution in [-0.2, 0) is 4.79 Å². The lowest BCUT2D eigenvalue weighted by molar-refractivity contribution is -0.134. The smallest absolute Gasteiger partial charge is 0.276 e. The third-order valence-electron chi connectivity index (χ3n) is 8.27. The quantitative estimate of drug-likeness (QED) is 0.459. The third kappa shape index (κ3) is 6.43. The molecule has 2 aromatic carbocycles. The Morgan fingerprint density at radius 2 is 1.69 bits per heavy atom. The van der Waals surface area contributed by atoms with Crippen LogP contribution >= 0.6 is 11.6 Å². The summed E-state index contributed by atoms with van der Waals surface area (Å²) in [6.07, 6.45) is 3.95. The SMILES string of the molecule is Cc1ccc2c(c1)OCCCNC(=O)C1(CCCCNC2=O)CCN(C(=O)c2nnn(-c3ccc(Cl)cc3)c2C)CC1. The van der Waals surface area contributed by atoms with Crippen molar-refractivity contribution in [1.29, 1.82) is 0 Å². The molecule has 222 valence electrons. The fourth-order valence-corrected chi connectivity index (χ4v) is 5.82. The number of nitrogens with one attached hydrogen (secondary N) is 2. The number of aromatic nitrogens is 3. The average molecular weight is 593 g/mol. The van der Waals surface area contributed by atoms with Gasteiger partial charge in [-0.3, -0.25) is 14.4 Å². The van der Waals surface area contributed by atoms with Crippen LogP contribution in [0.2, 0.25) is 5.02 Å². The number of ether oxygens (including phenoxy) is 1. The number of carbonyl (C=O) groups is 3. The molecular formula is C31H37ClN6O4. The number of hydrogen-bond acceptors (Lipinski definition) is 6. The number of carbonyl (C=O) groups excluding carboxylic acids is 3. The van der Waals surface area contributed by atoms with E-state index < -0.39 is 5.41 Å². The first-order valence-electron chi connectivity index (χ1n) is 14.5. The van der Waals surface area contributed by atoms with Crippen LogP contribution in [0.25, 0.3) is 5.69 Å². The zero-order valence-electron chi connectivity index (χ0n) is 24.1. The first-order chi connectivity index (χ1) is 20.3. The lowest BCUT2D eigenvalue weighted by atomic mass is 9.73. The van der Waals surface area contributed by atoms with Gasteiger partial charge in [-0.2, -0.15) is 0 Å². The number of hydrogen-bond donors (Lipinski definition) is 2. The number of halogens is 1. The van der Waals surface area contributed by atoms with Gasteiger partial charge in [0.2, 0.25) is 5.91 Å². The Kier molecular flexibility index (Phi) is 9.11. The van der Waals surface area contributed by atoms with Gasteiger partial charge in [-0.05, 0) is 87.9 Å². The summed E-state index contributed by atoms with van der Waals surface area (Å²) in [6, 6.07) is 12.8. The van der Waals surface area contributed by atoms with E-state index in [0.29, 0.717) is 86.2 Å². The molecule has 5 rings (SSSR count). The molecule has 1 spiro atoms. The Labute approximate surface area is 250 Å². The summed E-state index contributed by atoms with van der Waals surface area (Å²) >= 11 is 6.01. The molecule has 3 aromatic rings. The average Bonchev–Trinajstić information content (AvgIpc) is 3.37. The van der Waals surface area contributed by atoms with Crippen molar-refractivity contribution in [2.45, 2.75) is 52.4 Å². The second kappa shape index (κ2) is 12.9. The van der Waals surface area contributed by atoms with Gasteiger partial charge >= 0.3 is 0 Å². The molecular weight excluding hydrogens is 556 g/mol. The Bertz CT molecular complexity index is 1450. The molecule has 2 aliphatic rings. The van der Waals surface area contributed by atoms with Crippen molar-refractivity contribution in [2.24, 2.45) is 5.41 Å². The van der Waals surface area contributed by atoms with Gasteiger partial charge in [0.1, 0.15) is 5.75 Å². The lowest BCUT2D eigenvalue weighted by Gasteiger charge is -2.40. The molecule has 0 radical (unpaired) electrons. The van der Waals surface area contributed by atoms with Crippen molar-refractivity contribution < 1.29 is 19.1 Å². The van der Waals surface area contributed by atoms with Crippen molar-refractivity contribution in [3.8, 4) is 11.4 Å². The van der Waals surface area contributed by atoms with E-state index in [-0.39, 0.29) is 17.7 Å². The van der Waals surface area contributed by atoms with E-state index in [1.807, 2.05) is 38.1 Å². The molecule has 0 saturated carbocycles. The van der Waals surface area contributed by atoms with Crippen LogP contribution in [0, 0.1) is 19.3 Å². The van der Waals surface area contributed by atoms with Gasteiger partial charge in [-0.15, -0.1) is 5.10 Å². The van der Waals surface area contributed by atoms with Crippen molar-refractivity contribution in [3.05, 3.63) is 70.0 Å². The molecule has 1 fully saturated rings. The molecule has 10 nitrogen and oxygen atoms in total. The summed E-state index contributed by atoms with van der Waals surface area (Å²) in [5.41, 5.74) is 2.69. The summed E-state index contributed by atoms with van der Waals surface area (Å²) in [5.74, 6) is 0.244. The monoisotopic (exact) mass is 592 g/mol. The van der Waals surface area contributed by atoms with Crippen LogP contribution < -0.4 is 15.4 Å². The maximum Gasteiger partial charge on any atom is 0.276 e. The summed E-state index contributed by atoms with van der Waals surface area (Å²) in [5, 5.41) is 15.1. The minimum absolute atomic E-state index is 0.0228. The number of amides is 3.